The molecule has 1 aliphatic heterocycles. The van der Waals surface area contributed by atoms with Crippen molar-refractivity contribution in [3.05, 3.63) is 34.9 Å². The molecule has 164 valence electrons. The summed E-state index contributed by atoms with van der Waals surface area (Å²) in [6, 6.07) is 6.93. The Bertz CT molecular complexity index is 799. The average molecular weight is 433 g/mol. The zero-order valence-electron chi connectivity index (χ0n) is 18.0. The van der Waals surface area contributed by atoms with Crippen molar-refractivity contribution in [3.63, 3.8) is 0 Å². The van der Waals surface area contributed by atoms with E-state index in [0.29, 0.717) is 24.5 Å². The quantitative estimate of drug-likeness (QED) is 0.741. The molecular formula is C24H33ClN2O3. The fourth-order valence-corrected chi connectivity index (χ4v) is 5.52. The van der Waals surface area contributed by atoms with Gasteiger partial charge in [-0.05, 0) is 55.7 Å². The van der Waals surface area contributed by atoms with Crippen LogP contribution in [0.2, 0.25) is 5.02 Å². The smallest absolute Gasteiger partial charge is 0.245 e. The highest BCUT2D eigenvalue weighted by Crippen LogP contribution is 2.62. The number of aliphatic hydroxyl groups is 1. The second-order valence-corrected chi connectivity index (χ2v) is 10.3. The van der Waals surface area contributed by atoms with Gasteiger partial charge in [0.15, 0.2) is 0 Å². The average Bonchev–Trinajstić information content (AvgIpc) is 3.28. The Hall–Kier alpha value is -1.59. The van der Waals surface area contributed by atoms with Crippen LogP contribution in [0, 0.1) is 17.3 Å². The molecule has 0 aromatic heterocycles. The Morgan fingerprint density at radius 1 is 1.13 bits per heavy atom. The van der Waals surface area contributed by atoms with Crippen molar-refractivity contribution in [2.75, 3.05) is 13.1 Å². The Balaban J connectivity index is 1.47. The molecule has 4 rings (SSSR count). The molecule has 5 nitrogen and oxygen atoms in total. The van der Waals surface area contributed by atoms with Gasteiger partial charge in [-0.3, -0.25) is 9.59 Å². The van der Waals surface area contributed by atoms with E-state index >= 15 is 0 Å². The Kier molecular flexibility index (Phi) is 5.88. The minimum Gasteiger partial charge on any atom is -0.384 e. The Morgan fingerprint density at radius 3 is 2.33 bits per heavy atom. The van der Waals surface area contributed by atoms with Gasteiger partial charge in [-0.25, -0.2) is 0 Å². The van der Waals surface area contributed by atoms with Crippen LogP contribution >= 0.6 is 11.6 Å². The summed E-state index contributed by atoms with van der Waals surface area (Å²) in [7, 11) is 0. The first-order chi connectivity index (χ1) is 14.3. The van der Waals surface area contributed by atoms with Crippen molar-refractivity contribution in [1.29, 1.82) is 0 Å². The molecule has 2 amide bonds. The summed E-state index contributed by atoms with van der Waals surface area (Å²) in [6.45, 7) is 4.99. The normalized spacial score (nSPS) is 26.8. The van der Waals surface area contributed by atoms with Gasteiger partial charge in [-0.2, -0.15) is 0 Å². The molecule has 2 saturated carbocycles. The van der Waals surface area contributed by atoms with Crippen molar-refractivity contribution >= 4 is 23.4 Å². The van der Waals surface area contributed by atoms with Gasteiger partial charge in [0.2, 0.25) is 11.8 Å². The summed E-state index contributed by atoms with van der Waals surface area (Å²) in [4.78, 5) is 28.0. The highest BCUT2D eigenvalue weighted by molar-refractivity contribution is 6.30. The molecule has 2 N–H and O–H groups in total. The second-order valence-electron chi connectivity index (χ2n) is 9.87. The molecule has 3 fully saturated rings. The molecule has 2 atom stereocenters. The van der Waals surface area contributed by atoms with Gasteiger partial charge in [0, 0.05) is 29.4 Å². The summed E-state index contributed by atoms with van der Waals surface area (Å²) in [5.41, 5.74) is -0.355. The molecule has 1 saturated heterocycles. The van der Waals surface area contributed by atoms with Gasteiger partial charge >= 0.3 is 0 Å². The lowest BCUT2D eigenvalue weighted by Gasteiger charge is -2.47. The topological polar surface area (TPSA) is 69.6 Å². The number of nitrogens with one attached hydrogen (secondary N) is 1. The van der Waals surface area contributed by atoms with Gasteiger partial charge in [-0.15, -0.1) is 0 Å². The number of carbonyl (C=O) groups is 2. The number of hydrogen-bond acceptors (Lipinski definition) is 3. The second kappa shape index (κ2) is 8.16. The third-order valence-corrected chi connectivity index (χ3v) is 7.81. The number of halogens is 1. The van der Waals surface area contributed by atoms with Crippen LogP contribution in [-0.4, -0.2) is 41.0 Å². The maximum atomic E-state index is 13.4. The van der Waals surface area contributed by atoms with Gasteiger partial charge in [0.1, 0.15) is 6.04 Å². The van der Waals surface area contributed by atoms with Crippen molar-refractivity contribution in [3.8, 4) is 0 Å². The maximum absolute atomic E-state index is 13.4. The number of amides is 2. The maximum Gasteiger partial charge on any atom is 0.245 e. The first-order valence-electron chi connectivity index (χ1n) is 11.3. The summed E-state index contributed by atoms with van der Waals surface area (Å²) < 4.78 is 0. The lowest BCUT2D eigenvalue weighted by Crippen LogP contribution is -2.58. The molecule has 6 heteroatoms. The Labute approximate surface area is 184 Å². The molecule has 0 radical (unpaired) electrons. The van der Waals surface area contributed by atoms with E-state index < -0.39 is 11.6 Å². The van der Waals surface area contributed by atoms with Gasteiger partial charge in [0.05, 0.1) is 5.60 Å². The monoisotopic (exact) mass is 432 g/mol. The fraction of sp³-hybridized carbons (Fsp3) is 0.667. The van der Waals surface area contributed by atoms with E-state index in [1.807, 2.05) is 43.0 Å². The lowest BCUT2D eigenvalue weighted by atomic mass is 9.73. The standard InChI is InChI=1S/C24H33ClN2O3/c1-16(2)20(26-21(28)17-5-3-4-6-17)22(29)27-14-13-24(30,23(15-27)11-12-23)18-7-9-19(25)10-8-18/h7-10,16-17,20,30H,3-6,11-15H2,1-2H3,(H,26,28). The molecule has 1 spiro atoms. The third-order valence-electron chi connectivity index (χ3n) is 7.56. The van der Waals surface area contributed by atoms with Crippen LogP contribution in [0.1, 0.15) is 64.4 Å². The largest absolute Gasteiger partial charge is 0.384 e. The molecule has 2 unspecified atom stereocenters. The highest BCUT2D eigenvalue weighted by Gasteiger charge is 2.62. The summed E-state index contributed by atoms with van der Waals surface area (Å²) in [5, 5.41) is 15.3. The van der Waals surface area contributed by atoms with Crippen LogP contribution in [0.15, 0.2) is 24.3 Å². The molecule has 3 aliphatic rings. The number of piperidine rings is 1. The molecule has 1 aromatic carbocycles. The minimum absolute atomic E-state index is 0.0132. The highest BCUT2D eigenvalue weighted by atomic mass is 35.5. The lowest BCUT2D eigenvalue weighted by molar-refractivity contribution is -0.149. The molecule has 1 aromatic rings. The first kappa shape index (κ1) is 21.6. The van der Waals surface area contributed by atoms with Crippen molar-refractivity contribution in [1.82, 2.24) is 10.2 Å². The summed E-state index contributed by atoms with van der Waals surface area (Å²) in [6.07, 6.45) is 6.33. The number of likely N-dealkylation sites (tertiary alicyclic amines) is 1. The van der Waals surface area contributed by atoms with Crippen LogP contribution < -0.4 is 5.32 Å². The predicted molar refractivity (Wildman–Crippen MR) is 117 cm³/mol. The number of rotatable bonds is 5. The van der Waals surface area contributed by atoms with Gasteiger partial charge < -0.3 is 15.3 Å². The third kappa shape index (κ3) is 3.87. The van der Waals surface area contributed by atoms with Crippen molar-refractivity contribution in [2.45, 2.75) is 70.4 Å². The number of nitrogens with zero attached hydrogens (tertiary/aromatic N) is 1. The minimum atomic E-state index is -0.936. The van der Waals surface area contributed by atoms with Gasteiger partial charge in [-0.1, -0.05) is 50.4 Å². The number of benzene rings is 1. The van der Waals surface area contributed by atoms with Crippen LogP contribution in [0.5, 0.6) is 0 Å². The molecule has 0 bridgehead atoms. The van der Waals surface area contributed by atoms with E-state index in [-0.39, 0.29) is 29.1 Å². The van der Waals surface area contributed by atoms with E-state index in [9.17, 15) is 14.7 Å². The van der Waals surface area contributed by atoms with Gasteiger partial charge in [0.25, 0.3) is 0 Å². The molecule has 2 aliphatic carbocycles. The van der Waals surface area contributed by atoms with Crippen LogP contribution in [0.4, 0.5) is 0 Å². The zero-order valence-corrected chi connectivity index (χ0v) is 18.8. The van der Waals surface area contributed by atoms with E-state index in [1.54, 1.807) is 0 Å². The van der Waals surface area contributed by atoms with E-state index in [2.05, 4.69) is 5.32 Å². The molecule has 1 heterocycles. The fourth-order valence-electron chi connectivity index (χ4n) is 5.39. The van der Waals surface area contributed by atoms with Crippen LogP contribution in [-0.2, 0) is 15.2 Å². The molecule has 30 heavy (non-hydrogen) atoms. The summed E-state index contributed by atoms with van der Waals surface area (Å²) >= 11 is 6.03. The molecular weight excluding hydrogens is 400 g/mol. The van der Waals surface area contributed by atoms with E-state index in [0.717, 1.165) is 44.1 Å². The van der Waals surface area contributed by atoms with Crippen molar-refractivity contribution < 1.29 is 14.7 Å². The zero-order chi connectivity index (χ0) is 21.5. The first-order valence-corrected chi connectivity index (χ1v) is 11.7. The Morgan fingerprint density at radius 2 is 1.77 bits per heavy atom. The van der Waals surface area contributed by atoms with Crippen LogP contribution in [0.25, 0.3) is 0 Å². The van der Waals surface area contributed by atoms with Crippen LogP contribution in [0.3, 0.4) is 0 Å². The van der Waals surface area contributed by atoms with E-state index in [1.165, 1.54) is 0 Å². The number of hydrogen-bond donors (Lipinski definition) is 2. The number of carbonyl (C=O) groups excluding carboxylic acids is 2. The van der Waals surface area contributed by atoms with E-state index in [4.69, 9.17) is 11.6 Å². The summed E-state index contributed by atoms with van der Waals surface area (Å²) in [5.74, 6) is 0.0800. The predicted octanol–water partition coefficient (Wildman–Crippen LogP) is 3.87. The van der Waals surface area contributed by atoms with Crippen molar-refractivity contribution in [2.24, 2.45) is 17.3 Å². The SMILES string of the molecule is CC(C)C(NC(=O)C1CCCC1)C(=O)N1CCC(O)(c2ccc(Cl)cc2)C2(CC2)C1.